The van der Waals surface area contributed by atoms with Gasteiger partial charge in [0.1, 0.15) is 5.02 Å². The molecule has 0 heterocycles. The summed E-state index contributed by atoms with van der Waals surface area (Å²) in [6.07, 6.45) is 1.25. The Bertz CT molecular complexity index is 438. The molecule has 1 rings (SSSR count). The number of carbonyl (C=O) groups excluding carboxylic acids is 1. The third-order valence-electron chi connectivity index (χ3n) is 1.54. The van der Waals surface area contributed by atoms with Crippen LogP contribution in [0.4, 0.5) is 11.4 Å². The molecule has 0 saturated carbocycles. The van der Waals surface area contributed by atoms with Gasteiger partial charge in [0, 0.05) is 0 Å². The summed E-state index contributed by atoms with van der Waals surface area (Å²) in [7, 11) is 0. The molecule has 5 nitrogen and oxygen atoms in total. The van der Waals surface area contributed by atoms with Gasteiger partial charge in [-0.2, -0.15) is 4.99 Å². The summed E-state index contributed by atoms with van der Waals surface area (Å²) in [5.41, 5.74) is 0.241. The number of nitro groups is 1. The summed E-state index contributed by atoms with van der Waals surface area (Å²) < 4.78 is 0. The van der Waals surface area contributed by atoms with Gasteiger partial charge in [-0.05, 0) is 24.6 Å². The molecule has 0 aromatic heterocycles. The number of hydrogen-bond acceptors (Lipinski definition) is 4. The Labute approximate surface area is 84.2 Å². The van der Waals surface area contributed by atoms with E-state index >= 15 is 0 Å². The van der Waals surface area contributed by atoms with Crippen molar-refractivity contribution in [2.75, 3.05) is 0 Å². The molecule has 0 aliphatic carbocycles. The van der Waals surface area contributed by atoms with Gasteiger partial charge in [0.15, 0.2) is 5.69 Å². The third-order valence-corrected chi connectivity index (χ3v) is 1.82. The van der Waals surface area contributed by atoms with E-state index < -0.39 is 4.92 Å². The molecule has 0 saturated heterocycles. The Balaban J connectivity index is 3.51. The molecular weight excluding hydrogens is 208 g/mol. The maximum atomic E-state index is 10.6. The predicted molar refractivity (Wildman–Crippen MR) is 50.6 cm³/mol. The van der Waals surface area contributed by atoms with Crippen LogP contribution in [0.2, 0.25) is 5.02 Å². The zero-order valence-electron chi connectivity index (χ0n) is 7.15. The maximum Gasteiger partial charge on any atom is 0.314 e. The van der Waals surface area contributed by atoms with Crippen molar-refractivity contribution in [2.24, 2.45) is 4.99 Å². The first-order chi connectivity index (χ1) is 6.56. The van der Waals surface area contributed by atoms with Crippen molar-refractivity contribution in [1.29, 1.82) is 0 Å². The smallest absolute Gasteiger partial charge is 0.258 e. The first-order valence-electron chi connectivity index (χ1n) is 3.58. The molecule has 0 radical (unpaired) electrons. The van der Waals surface area contributed by atoms with E-state index in [1.807, 2.05) is 0 Å². The molecule has 1 aromatic carbocycles. The van der Waals surface area contributed by atoms with Crippen molar-refractivity contribution in [3.8, 4) is 0 Å². The fourth-order valence-electron chi connectivity index (χ4n) is 1.03. The highest BCUT2D eigenvalue weighted by molar-refractivity contribution is 6.33. The number of isocyanates is 1. The zero-order valence-corrected chi connectivity index (χ0v) is 7.91. The second kappa shape index (κ2) is 4.00. The van der Waals surface area contributed by atoms with E-state index in [-0.39, 0.29) is 16.4 Å². The van der Waals surface area contributed by atoms with Crippen LogP contribution in [0, 0.1) is 17.0 Å². The third kappa shape index (κ3) is 1.96. The van der Waals surface area contributed by atoms with Crippen LogP contribution < -0.4 is 0 Å². The Morgan fingerprint density at radius 3 is 2.71 bits per heavy atom. The zero-order chi connectivity index (χ0) is 10.7. The first-order valence-corrected chi connectivity index (χ1v) is 3.96. The van der Waals surface area contributed by atoms with Gasteiger partial charge in [-0.1, -0.05) is 11.6 Å². The number of nitrogens with zero attached hydrogens (tertiary/aromatic N) is 2. The number of hydrogen-bond donors (Lipinski definition) is 0. The SMILES string of the molecule is Cc1cc(Cl)c([N+](=O)[O-])c(N=C=O)c1. The van der Waals surface area contributed by atoms with Crippen molar-refractivity contribution in [3.63, 3.8) is 0 Å². The monoisotopic (exact) mass is 212 g/mol. The summed E-state index contributed by atoms with van der Waals surface area (Å²) in [6, 6.07) is 2.83. The fraction of sp³-hybridized carbons (Fsp3) is 0.125. The molecule has 6 heteroatoms. The molecule has 0 N–H and O–H groups in total. The normalized spacial score (nSPS) is 9.29. The second-order valence-electron chi connectivity index (χ2n) is 2.57. The lowest BCUT2D eigenvalue weighted by atomic mass is 10.2. The Hall–Kier alpha value is -1.71. The van der Waals surface area contributed by atoms with Crippen LogP contribution in [0.15, 0.2) is 17.1 Å². The van der Waals surface area contributed by atoms with Gasteiger partial charge in [-0.15, -0.1) is 0 Å². The van der Waals surface area contributed by atoms with E-state index in [1.165, 1.54) is 18.2 Å². The number of aliphatic imine (C=N–C) groups is 1. The van der Waals surface area contributed by atoms with Crippen molar-refractivity contribution in [2.45, 2.75) is 6.92 Å². The van der Waals surface area contributed by atoms with E-state index in [2.05, 4.69) is 4.99 Å². The molecule has 0 bridgehead atoms. The fourth-order valence-corrected chi connectivity index (χ4v) is 1.37. The standard InChI is InChI=1S/C8H5ClN2O3/c1-5-2-6(9)8(11(13)14)7(3-5)10-4-12/h2-3H,1H3. The predicted octanol–water partition coefficient (Wildman–Crippen LogP) is 2.52. The topological polar surface area (TPSA) is 72.6 Å². The van der Waals surface area contributed by atoms with E-state index in [4.69, 9.17) is 11.6 Å². The van der Waals surface area contributed by atoms with Gasteiger partial charge < -0.3 is 0 Å². The van der Waals surface area contributed by atoms with Crippen LogP contribution in [0.1, 0.15) is 5.56 Å². The van der Waals surface area contributed by atoms with Crippen LogP contribution in [-0.2, 0) is 4.79 Å². The van der Waals surface area contributed by atoms with E-state index in [0.29, 0.717) is 5.56 Å². The summed E-state index contributed by atoms with van der Waals surface area (Å²) in [6.45, 7) is 1.69. The van der Waals surface area contributed by atoms with Crippen molar-refractivity contribution >= 4 is 29.1 Å². The summed E-state index contributed by atoms with van der Waals surface area (Å²) >= 11 is 5.63. The van der Waals surface area contributed by atoms with Crippen LogP contribution in [0.25, 0.3) is 0 Å². The van der Waals surface area contributed by atoms with Crippen molar-refractivity contribution < 1.29 is 9.72 Å². The van der Waals surface area contributed by atoms with E-state index in [1.54, 1.807) is 6.92 Å². The summed E-state index contributed by atoms with van der Waals surface area (Å²) in [5.74, 6) is 0. The van der Waals surface area contributed by atoms with Crippen molar-refractivity contribution in [3.05, 3.63) is 32.8 Å². The lowest BCUT2D eigenvalue weighted by molar-refractivity contribution is -0.383. The van der Waals surface area contributed by atoms with E-state index in [9.17, 15) is 14.9 Å². The minimum Gasteiger partial charge on any atom is -0.258 e. The minimum atomic E-state index is -0.683. The van der Waals surface area contributed by atoms with Gasteiger partial charge in [0.05, 0.1) is 4.92 Å². The lowest BCUT2D eigenvalue weighted by Gasteiger charge is -1.99. The first kappa shape index (κ1) is 10.4. The van der Waals surface area contributed by atoms with Crippen molar-refractivity contribution in [1.82, 2.24) is 0 Å². The molecule has 0 fully saturated rings. The minimum absolute atomic E-state index is 0.0380. The molecule has 0 aliphatic rings. The largest absolute Gasteiger partial charge is 0.314 e. The van der Waals surface area contributed by atoms with Crippen LogP contribution >= 0.6 is 11.6 Å². The van der Waals surface area contributed by atoms with Gasteiger partial charge >= 0.3 is 5.69 Å². The van der Waals surface area contributed by atoms with Gasteiger partial charge in [-0.3, -0.25) is 10.1 Å². The van der Waals surface area contributed by atoms with Gasteiger partial charge in [0.25, 0.3) is 0 Å². The maximum absolute atomic E-state index is 10.6. The Morgan fingerprint density at radius 1 is 1.57 bits per heavy atom. The summed E-state index contributed by atoms with van der Waals surface area (Å²) in [5, 5.41) is 10.5. The summed E-state index contributed by atoms with van der Waals surface area (Å²) in [4.78, 5) is 23.1. The number of benzene rings is 1. The molecule has 72 valence electrons. The van der Waals surface area contributed by atoms with Gasteiger partial charge in [0.2, 0.25) is 6.08 Å². The number of nitro benzene ring substituents is 1. The number of aryl methyl sites for hydroxylation is 1. The Morgan fingerprint density at radius 2 is 2.21 bits per heavy atom. The molecular formula is C8H5ClN2O3. The van der Waals surface area contributed by atoms with Crippen LogP contribution in [-0.4, -0.2) is 11.0 Å². The molecule has 0 aliphatic heterocycles. The highest BCUT2D eigenvalue weighted by Crippen LogP contribution is 2.35. The van der Waals surface area contributed by atoms with E-state index in [0.717, 1.165) is 0 Å². The number of halogens is 1. The second-order valence-corrected chi connectivity index (χ2v) is 2.98. The van der Waals surface area contributed by atoms with Crippen LogP contribution in [0.5, 0.6) is 0 Å². The highest BCUT2D eigenvalue weighted by Gasteiger charge is 2.18. The molecule has 1 aromatic rings. The Kier molecular flexibility index (Phi) is 2.96. The van der Waals surface area contributed by atoms with Crippen LogP contribution in [0.3, 0.4) is 0 Å². The highest BCUT2D eigenvalue weighted by atomic mass is 35.5. The molecule has 0 amide bonds. The average Bonchev–Trinajstić information content (AvgIpc) is 2.01. The molecule has 0 unspecified atom stereocenters. The van der Waals surface area contributed by atoms with Gasteiger partial charge in [-0.25, -0.2) is 4.79 Å². The molecule has 0 atom stereocenters. The average molecular weight is 213 g/mol. The quantitative estimate of drug-likeness (QED) is 0.327. The lowest BCUT2D eigenvalue weighted by Crippen LogP contribution is -1.90. The number of rotatable bonds is 2. The molecule has 0 spiro atoms. The molecule has 14 heavy (non-hydrogen) atoms.